The highest BCUT2D eigenvalue weighted by Crippen LogP contribution is 2.22. The highest BCUT2D eigenvalue weighted by atomic mass is 16.2. The molecular weight excluding hydrogens is 328 g/mol. The largest absolute Gasteiger partial charge is 0.347 e. The maximum absolute atomic E-state index is 12.7. The third-order valence-corrected chi connectivity index (χ3v) is 5.10. The molecule has 3 aromatic rings. The highest BCUT2D eigenvalue weighted by Gasteiger charge is 2.25. The van der Waals surface area contributed by atoms with E-state index in [2.05, 4.69) is 32.9 Å². The number of carbonyl (C=O) groups is 1. The summed E-state index contributed by atoms with van der Waals surface area (Å²) in [4.78, 5) is 16.9. The van der Waals surface area contributed by atoms with E-state index in [4.69, 9.17) is 0 Å². The molecule has 0 saturated carbocycles. The molecule has 1 fully saturated rings. The fourth-order valence-electron chi connectivity index (χ4n) is 3.52. The van der Waals surface area contributed by atoms with Gasteiger partial charge in [0, 0.05) is 29.2 Å². The van der Waals surface area contributed by atoms with Crippen molar-refractivity contribution in [1.82, 2.24) is 30.6 Å². The molecule has 3 heterocycles. The summed E-state index contributed by atoms with van der Waals surface area (Å²) in [6.07, 6.45) is 4.50. The van der Waals surface area contributed by atoms with Crippen LogP contribution in [-0.4, -0.2) is 45.0 Å². The van der Waals surface area contributed by atoms with E-state index in [0.717, 1.165) is 41.7 Å². The van der Waals surface area contributed by atoms with Crippen molar-refractivity contribution in [3.8, 4) is 5.69 Å². The Bertz CT molecular complexity index is 945. The topological polar surface area (TPSA) is 84.7 Å². The quantitative estimate of drug-likeness (QED) is 0.753. The van der Waals surface area contributed by atoms with Crippen LogP contribution in [0.2, 0.25) is 0 Å². The summed E-state index contributed by atoms with van der Waals surface area (Å²) in [5.74, 6) is 0.239. The van der Waals surface area contributed by atoms with E-state index in [1.807, 2.05) is 37.4 Å². The molecule has 4 rings (SSSR count). The lowest BCUT2D eigenvalue weighted by molar-refractivity contribution is 0.0908. The van der Waals surface area contributed by atoms with Gasteiger partial charge in [-0.1, -0.05) is 24.3 Å². The second-order valence-corrected chi connectivity index (χ2v) is 6.86. The van der Waals surface area contributed by atoms with Crippen LogP contribution in [0.3, 0.4) is 0 Å². The normalized spacial score (nSPS) is 20.2. The van der Waals surface area contributed by atoms with Gasteiger partial charge in [0.05, 0.1) is 11.4 Å². The molecule has 0 spiro atoms. The maximum atomic E-state index is 12.7. The molecule has 1 saturated heterocycles. The van der Waals surface area contributed by atoms with Crippen LogP contribution < -0.4 is 10.6 Å². The third kappa shape index (κ3) is 2.94. The van der Waals surface area contributed by atoms with E-state index >= 15 is 0 Å². The van der Waals surface area contributed by atoms with Crippen molar-refractivity contribution in [1.29, 1.82) is 0 Å². The number of amides is 1. The van der Waals surface area contributed by atoms with Crippen LogP contribution in [0.15, 0.2) is 36.7 Å². The van der Waals surface area contributed by atoms with Crippen LogP contribution in [-0.2, 0) is 0 Å². The minimum atomic E-state index is -0.158. The zero-order valence-corrected chi connectivity index (χ0v) is 14.9. The molecule has 26 heavy (non-hydrogen) atoms. The molecule has 1 aliphatic heterocycles. The number of hydrogen-bond acceptors (Lipinski definition) is 5. The lowest BCUT2D eigenvalue weighted by atomic mass is 9.95. The first kappa shape index (κ1) is 16.7. The van der Waals surface area contributed by atoms with Gasteiger partial charge in [-0.05, 0) is 44.5 Å². The first-order chi connectivity index (χ1) is 12.6. The fourth-order valence-corrected chi connectivity index (χ4v) is 3.52. The van der Waals surface area contributed by atoms with Gasteiger partial charge in [-0.15, -0.1) is 5.10 Å². The van der Waals surface area contributed by atoms with Crippen molar-refractivity contribution in [3.63, 3.8) is 0 Å². The molecule has 2 atom stereocenters. The van der Waals surface area contributed by atoms with Gasteiger partial charge in [-0.3, -0.25) is 9.78 Å². The summed E-state index contributed by atoms with van der Waals surface area (Å²) in [6.45, 7) is 5.86. The van der Waals surface area contributed by atoms with Crippen molar-refractivity contribution in [3.05, 3.63) is 48.0 Å². The molecule has 1 aromatic carbocycles. The number of rotatable bonds is 3. The van der Waals surface area contributed by atoms with Gasteiger partial charge in [0.1, 0.15) is 0 Å². The smallest absolute Gasteiger partial charge is 0.273 e. The van der Waals surface area contributed by atoms with Crippen LogP contribution in [0.25, 0.3) is 16.5 Å². The molecular formula is C19H22N6O. The first-order valence-corrected chi connectivity index (χ1v) is 8.92. The molecule has 0 aliphatic carbocycles. The third-order valence-electron chi connectivity index (χ3n) is 5.10. The number of nitrogens with one attached hydrogen (secondary N) is 2. The molecule has 1 aliphatic rings. The van der Waals surface area contributed by atoms with Gasteiger partial charge < -0.3 is 10.6 Å². The highest BCUT2D eigenvalue weighted by molar-refractivity contribution is 5.94. The summed E-state index contributed by atoms with van der Waals surface area (Å²) >= 11 is 0. The number of hydrogen-bond donors (Lipinski definition) is 2. The summed E-state index contributed by atoms with van der Waals surface area (Å²) in [6, 6.07) is 8.04. The zero-order valence-electron chi connectivity index (χ0n) is 14.9. The minimum absolute atomic E-state index is 0.158. The standard InChI is InChI=1S/C19H22N6O/c1-12-10-20-9-7-16(12)22-19(26)18-13(2)25(24-23-18)17-5-3-4-14-11-21-8-6-15(14)17/h3-6,8,11-12,16,20H,7,9-10H2,1-2H3,(H,22,26). The monoisotopic (exact) mass is 350 g/mol. The maximum Gasteiger partial charge on any atom is 0.273 e. The number of fused-ring (bicyclic) bond motifs is 1. The predicted molar refractivity (Wildman–Crippen MR) is 99.3 cm³/mol. The van der Waals surface area contributed by atoms with Gasteiger partial charge in [0.2, 0.25) is 0 Å². The van der Waals surface area contributed by atoms with Crippen molar-refractivity contribution in [2.75, 3.05) is 13.1 Å². The van der Waals surface area contributed by atoms with E-state index in [-0.39, 0.29) is 11.9 Å². The van der Waals surface area contributed by atoms with Crippen molar-refractivity contribution in [2.24, 2.45) is 5.92 Å². The molecule has 2 aromatic heterocycles. The average Bonchev–Trinajstić information content (AvgIpc) is 3.04. The Hall–Kier alpha value is -2.80. The molecule has 2 N–H and O–H groups in total. The van der Waals surface area contributed by atoms with E-state index in [0.29, 0.717) is 11.6 Å². The second-order valence-electron chi connectivity index (χ2n) is 6.86. The molecule has 134 valence electrons. The lowest BCUT2D eigenvalue weighted by Crippen LogP contribution is -2.48. The van der Waals surface area contributed by atoms with Crippen LogP contribution in [0.4, 0.5) is 0 Å². The molecule has 0 radical (unpaired) electrons. The Kier molecular flexibility index (Phi) is 4.38. The Morgan fingerprint density at radius 1 is 1.35 bits per heavy atom. The van der Waals surface area contributed by atoms with Gasteiger partial charge in [-0.25, -0.2) is 4.68 Å². The van der Waals surface area contributed by atoms with Gasteiger partial charge >= 0.3 is 0 Å². The summed E-state index contributed by atoms with van der Waals surface area (Å²) in [5, 5.41) is 16.9. The minimum Gasteiger partial charge on any atom is -0.347 e. The summed E-state index contributed by atoms with van der Waals surface area (Å²) in [5.41, 5.74) is 2.00. The predicted octanol–water partition coefficient (Wildman–Crippen LogP) is 1.85. The zero-order chi connectivity index (χ0) is 18.1. The van der Waals surface area contributed by atoms with E-state index < -0.39 is 0 Å². The van der Waals surface area contributed by atoms with Crippen LogP contribution >= 0.6 is 0 Å². The number of pyridine rings is 1. The second kappa shape index (κ2) is 6.84. The summed E-state index contributed by atoms with van der Waals surface area (Å²) in [7, 11) is 0. The van der Waals surface area contributed by atoms with Gasteiger partial charge in [0.25, 0.3) is 5.91 Å². The van der Waals surface area contributed by atoms with Gasteiger partial charge in [-0.2, -0.15) is 0 Å². The van der Waals surface area contributed by atoms with E-state index in [1.165, 1.54) is 0 Å². The number of aromatic nitrogens is 4. The Labute approximate surface area is 151 Å². The molecule has 2 unspecified atom stereocenters. The number of carbonyl (C=O) groups excluding carboxylic acids is 1. The number of piperidine rings is 1. The lowest BCUT2D eigenvalue weighted by Gasteiger charge is -2.29. The van der Waals surface area contributed by atoms with Gasteiger partial charge in [0.15, 0.2) is 5.69 Å². The Morgan fingerprint density at radius 2 is 2.23 bits per heavy atom. The molecule has 7 heteroatoms. The van der Waals surface area contributed by atoms with E-state index in [9.17, 15) is 4.79 Å². The van der Waals surface area contributed by atoms with Crippen LogP contribution in [0.1, 0.15) is 29.5 Å². The number of benzene rings is 1. The van der Waals surface area contributed by atoms with Crippen molar-refractivity contribution in [2.45, 2.75) is 26.3 Å². The molecule has 0 bridgehead atoms. The van der Waals surface area contributed by atoms with Crippen LogP contribution in [0, 0.1) is 12.8 Å². The Balaban J connectivity index is 1.65. The average molecular weight is 350 g/mol. The fraction of sp³-hybridized carbons (Fsp3) is 0.368. The first-order valence-electron chi connectivity index (χ1n) is 8.92. The van der Waals surface area contributed by atoms with Crippen molar-refractivity contribution >= 4 is 16.7 Å². The SMILES string of the molecule is Cc1c(C(=O)NC2CCNCC2C)nnn1-c1cccc2cnccc12. The van der Waals surface area contributed by atoms with Crippen LogP contribution in [0.5, 0.6) is 0 Å². The van der Waals surface area contributed by atoms with Crippen molar-refractivity contribution < 1.29 is 4.79 Å². The molecule has 7 nitrogen and oxygen atoms in total. The van der Waals surface area contributed by atoms with E-state index in [1.54, 1.807) is 10.9 Å². The Morgan fingerprint density at radius 3 is 3.08 bits per heavy atom. The number of nitrogens with zero attached hydrogens (tertiary/aromatic N) is 4. The molecule has 1 amide bonds. The summed E-state index contributed by atoms with van der Waals surface area (Å²) < 4.78 is 1.73.